The molecule has 0 bridgehead atoms. The number of nitrogens with two attached hydrogens (primary N) is 1. The highest BCUT2D eigenvalue weighted by molar-refractivity contribution is 5.38. The quantitative estimate of drug-likeness (QED) is 0.910. The fourth-order valence-corrected chi connectivity index (χ4v) is 1.86. The van der Waals surface area contributed by atoms with E-state index in [2.05, 4.69) is 5.10 Å². The molecule has 3 nitrogen and oxygen atoms in total. The number of halogens is 3. The van der Waals surface area contributed by atoms with Gasteiger partial charge in [-0.15, -0.1) is 0 Å². The van der Waals surface area contributed by atoms with Gasteiger partial charge in [-0.3, -0.25) is 0 Å². The van der Waals surface area contributed by atoms with Crippen LogP contribution in [-0.2, 0) is 11.7 Å². The molecule has 19 heavy (non-hydrogen) atoms. The van der Waals surface area contributed by atoms with Gasteiger partial charge in [0.15, 0.2) is 5.69 Å². The Balaban J connectivity index is 2.68. The molecule has 0 saturated heterocycles. The average molecular weight is 269 g/mol. The van der Waals surface area contributed by atoms with Crippen molar-refractivity contribution in [1.29, 1.82) is 0 Å². The van der Waals surface area contributed by atoms with Gasteiger partial charge < -0.3 is 5.73 Å². The molecule has 2 N–H and O–H groups in total. The van der Waals surface area contributed by atoms with E-state index < -0.39 is 17.4 Å². The summed E-state index contributed by atoms with van der Waals surface area (Å²) in [5.74, 6) is 0. The van der Waals surface area contributed by atoms with Gasteiger partial charge in [-0.2, -0.15) is 18.3 Å². The van der Waals surface area contributed by atoms with Gasteiger partial charge in [-0.1, -0.05) is 18.2 Å². The molecule has 0 amide bonds. The molecule has 102 valence electrons. The molecule has 0 saturated carbocycles. The summed E-state index contributed by atoms with van der Waals surface area (Å²) in [4.78, 5) is 0. The van der Waals surface area contributed by atoms with E-state index in [1.165, 1.54) is 20.0 Å². The molecule has 1 aromatic heterocycles. The van der Waals surface area contributed by atoms with Crippen molar-refractivity contribution in [2.45, 2.75) is 25.6 Å². The van der Waals surface area contributed by atoms with Crippen LogP contribution in [0.5, 0.6) is 0 Å². The summed E-state index contributed by atoms with van der Waals surface area (Å²) < 4.78 is 40.6. The zero-order chi connectivity index (χ0) is 14.3. The zero-order valence-corrected chi connectivity index (χ0v) is 10.6. The number of para-hydroxylation sites is 1. The van der Waals surface area contributed by atoms with Gasteiger partial charge in [0.1, 0.15) is 0 Å². The first-order valence-corrected chi connectivity index (χ1v) is 5.71. The number of rotatable bonds is 2. The van der Waals surface area contributed by atoms with Crippen LogP contribution in [-0.4, -0.2) is 9.78 Å². The van der Waals surface area contributed by atoms with Crippen molar-refractivity contribution < 1.29 is 13.2 Å². The summed E-state index contributed by atoms with van der Waals surface area (Å²) in [6, 6.07) is 8.17. The van der Waals surface area contributed by atoms with Crippen LogP contribution in [0.3, 0.4) is 0 Å². The summed E-state index contributed by atoms with van der Waals surface area (Å²) in [7, 11) is 0. The number of nitrogens with zero attached hydrogens (tertiary/aromatic N) is 2. The van der Waals surface area contributed by atoms with Crippen LogP contribution in [0.2, 0.25) is 0 Å². The molecule has 2 aromatic rings. The molecule has 0 unspecified atom stereocenters. The van der Waals surface area contributed by atoms with Crippen molar-refractivity contribution >= 4 is 0 Å². The molecule has 0 aliphatic carbocycles. The third-order valence-corrected chi connectivity index (χ3v) is 2.73. The zero-order valence-electron chi connectivity index (χ0n) is 10.6. The second kappa shape index (κ2) is 4.38. The number of hydrogen-bond donors (Lipinski definition) is 1. The first-order chi connectivity index (χ1) is 8.71. The Morgan fingerprint density at radius 1 is 1.11 bits per heavy atom. The molecule has 0 aliphatic rings. The Labute approximate surface area is 108 Å². The Morgan fingerprint density at radius 3 is 2.16 bits per heavy atom. The van der Waals surface area contributed by atoms with Crippen LogP contribution in [0.25, 0.3) is 5.69 Å². The van der Waals surface area contributed by atoms with E-state index in [9.17, 15) is 13.2 Å². The minimum absolute atomic E-state index is 0.0242. The van der Waals surface area contributed by atoms with E-state index in [1.807, 2.05) is 0 Å². The summed E-state index contributed by atoms with van der Waals surface area (Å²) >= 11 is 0. The van der Waals surface area contributed by atoms with Crippen molar-refractivity contribution in [3.8, 4) is 5.69 Å². The normalized spacial score (nSPS) is 12.7. The van der Waals surface area contributed by atoms with Gasteiger partial charge in [0.05, 0.1) is 11.9 Å². The Kier molecular flexibility index (Phi) is 3.14. The van der Waals surface area contributed by atoms with Gasteiger partial charge >= 0.3 is 6.18 Å². The summed E-state index contributed by atoms with van der Waals surface area (Å²) in [5.41, 5.74) is 4.18. The molecule has 0 radical (unpaired) electrons. The molecule has 0 atom stereocenters. The van der Waals surface area contributed by atoms with Crippen LogP contribution >= 0.6 is 0 Å². The largest absolute Gasteiger partial charge is 0.433 e. The van der Waals surface area contributed by atoms with E-state index in [4.69, 9.17) is 5.73 Å². The molecule has 2 rings (SSSR count). The maximum Gasteiger partial charge on any atom is 0.433 e. The van der Waals surface area contributed by atoms with Gasteiger partial charge in [-0.05, 0) is 26.0 Å². The molecule has 0 fully saturated rings. The Bertz CT molecular complexity index is 565. The van der Waals surface area contributed by atoms with Crippen LogP contribution in [0.4, 0.5) is 13.2 Å². The monoisotopic (exact) mass is 269 g/mol. The fraction of sp³-hybridized carbons (Fsp3) is 0.308. The topological polar surface area (TPSA) is 43.8 Å². The minimum atomic E-state index is -4.52. The van der Waals surface area contributed by atoms with E-state index in [0.29, 0.717) is 5.69 Å². The lowest BCUT2D eigenvalue weighted by molar-refractivity contribution is -0.143. The number of hydrogen-bond acceptors (Lipinski definition) is 2. The van der Waals surface area contributed by atoms with Crippen molar-refractivity contribution in [1.82, 2.24) is 9.78 Å². The van der Waals surface area contributed by atoms with Crippen molar-refractivity contribution in [3.05, 3.63) is 47.8 Å². The summed E-state index contributed by atoms with van der Waals surface area (Å²) in [5, 5.41) is 3.84. The Morgan fingerprint density at radius 2 is 1.68 bits per heavy atom. The summed E-state index contributed by atoms with van der Waals surface area (Å²) in [6.45, 7) is 3.04. The minimum Gasteiger partial charge on any atom is -0.322 e. The molecule has 0 spiro atoms. The number of alkyl halides is 3. The van der Waals surface area contributed by atoms with Crippen molar-refractivity contribution in [3.63, 3.8) is 0 Å². The lowest BCUT2D eigenvalue weighted by Gasteiger charge is -2.21. The highest BCUT2D eigenvalue weighted by Gasteiger charge is 2.41. The number of aromatic nitrogens is 2. The molecule has 1 heterocycles. The third kappa shape index (κ3) is 2.63. The lowest BCUT2D eigenvalue weighted by Crippen LogP contribution is -2.31. The average Bonchev–Trinajstić information content (AvgIpc) is 2.74. The third-order valence-electron chi connectivity index (χ3n) is 2.73. The lowest BCUT2D eigenvalue weighted by atomic mass is 9.96. The maximum absolute atomic E-state index is 13.2. The SMILES string of the molecule is CC(C)(N)c1cnn(-c2ccccc2)c1C(F)(F)F. The van der Waals surface area contributed by atoms with Gasteiger partial charge in [0, 0.05) is 11.1 Å². The van der Waals surface area contributed by atoms with E-state index in [0.717, 1.165) is 4.68 Å². The van der Waals surface area contributed by atoms with Gasteiger partial charge in [0.25, 0.3) is 0 Å². The van der Waals surface area contributed by atoms with Crippen molar-refractivity contribution in [2.75, 3.05) is 0 Å². The highest BCUT2D eigenvalue weighted by Crippen LogP contribution is 2.36. The first-order valence-electron chi connectivity index (χ1n) is 5.71. The summed E-state index contributed by atoms with van der Waals surface area (Å²) in [6.07, 6.45) is -3.34. The predicted octanol–water partition coefficient (Wildman–Crippen LogP) is 3.08. The first kappa shape index (κ1) is 13.6. The second-order valence-electron chi connectivity index (χ2n) is 4.87. The fourth-order valence-electron chi connectivity index (χ4n) is 1.86. The molecule has 0 aliphatic heterocycles. The van der Waals surface area contributed by atoms with Crippen LogP contribution in [0.15, 0.2) is 36.5 Å². The van der Waals surface area contributed by atoms with Crippen LogP contribution < -0.4 is 5.73 Å². The van der Waals surface area contributed by atoms with Gasteiger partial charge in [-0.25, -0.2) is 4.68 Å². The van der Waals surface area contributed by atoms with Crippen molar-refractivity contribution in [2.24, 2.45) is 5.73 Å². The molecule has 6 heteroatoms. The maximum atomic E-state index is 13.2. The predicted molar refractivity (Wildman–Crippen MR) is 65.8 cm³/mol. The van der Waals surface area contributed by atoms with E-state index >= 15 is 0 Å². The Hall–Kier alpha value is -1.82. The molecular weight excluding hydrogens is 255 g/mol. The van der Waals surface area contributed by atoms with Gasteiger partial charge in [0.2, 0.25) is 0 Å². The standard InChI is InChI=1S/C13H14F3N3/c1-12(2,17)10-8-18-19(11(10)13(14,15)16)9-6-4-3-5-7-9/h3-8H,17H2,1-2H3. The molecule has 1 aromatic carbocycles. The van der Waals surface area contributed by atoms with E-state index in [-0.39, 0.29) is 5.56 Å². The smallest absolute Gasteiger partial charge is 0.322 e. The number of benzene rings is 1. The highest BCUT2D eigenvalue weighted by atomic mass is 19.4. The van der Waals surface area contributed by atoms with E-state index in [1.54, 1.807) is 30.3 Å². The molecular formula is C13H14F3N3. The van der Waals surface area contributed by atoms with Crippen LogP contribution in [0.1, 0.15) is 25.1 Å². The second-order valence-corrected chi connectivity index (χ2v) is 4.87. The van der Waals surface area contributed by atoms with Crippen LogP contribution in [0, 0.1) is 0 Å².